The van der Waals surface area contributed by atoms with Crippen LogP contribution in [0.5, 0.6) is 0 Å². The number of aliphatic hydroxyl groups excluding tert-OH is 2. The van der Waals surface area contributed by atoms with Gasteiger partial charge in [-0.1, -0.05) is 0 Å². The second-order valence-electron chi connectivity index (χ2n) is 3.43. The average Bonchev–Trinajstić information content (AvgIpc) is 2.01. The van der Waals surface area contributed by atoms with Crippen LogP contribution in [0.3, 0.4) is 0 Å². The van der Waals surface area contributed by atoms with E-state index in [1.807, 2.05) is 0 Å². The molecular formula is C8H16O5. The maximum atomic E-state index is 10.1. The van der Waals surface area contributed by atoms with Gasteiger partial charge in [0.05, 0.1) is 5.60 Å². The summed E-state index contributed by atoms with van der Waals surface area (Å²) in [7, 11) is 1.28. The maximum absolute atomic E-state index is 10.1. The molecule has 0 aromatic carbocycles. The van der Waals surface area contributed by atoms with Crippen LogP contribution in [0.25, 0.3) is 0 Å². The van der Waals surface area contributed by atoms with Crippen LogP contribution in [0.4, 0.5) is 0 Å². The molecule has 0 saturated heterocycles. The zero-order valence-electron chi connectivity index (χ0n) is 7.97. The van der Waals surface area contributed by atoms with E-state index in [0.717, 1.165) is 0 Å². The van der Waals surface area contributed by atoms with Gasteiger partial charge in [-0.05, 0) is 13.8 Å². The molecule has 0 saturated carbocycles. The quantitative estimate of drug-likeness (QED) is 0.471. The molecule has 13 heavy (non-hydrogen) atoms. The van der Waals surface area contributed by atoms with Crippen LogP contribution >= 0.6 is 0 Å². The van der Waals surface area contributed by atoms with Crippen molar-refractivity contribution in [3.8, 4) is 0 Å². The summed E-state index contributed by atoms with van der Waals surface area (Å²) < 4.78 is 4.78. The summed E-state index contributed by atoms with van der Waals surface area (Å²) in [5, 5.41) is 27.8. The number of aldehydes is 1. The molecule has 0 unspecified atom stereocenters. The topological polar surface area (TPSA) is 87.0 Å². The van der Waals surface area contributed by atoms with Crippen molar-refractivity contribution in [2.75, 3.05) is 7.11 Å². The van der Waals surface area contributed by atoms with Crippen molar-refractivity contribution in [2.24, 2.45) is 0 Å². The molecule has 0 aliphatic carbocycles. The number of methoxy groups -OCH3 is 1. The Kier molecular flexibility index (Phi) is 4.49. The molecule has 0 aliphatic rings. The molecule has 0 fully saturated rings. The minimum Gasteiger partial charge on any atom is -0.388 e. The Hall–Kier alpha value is -0.490. The number of hydrogen-bond acceptors (Lipinski definition) is 5. The zero-order valence-corrected chi connectivity index (χ0v) is 7.97. The highest BCUT2D eigenvalue weighted by atomic mass is 16.5. The molecule has 0 aromatic heterocycles. The predicted molar refractivity (Wildman–Crippen MR) is 45.2 cm³/mol. The first-order valence-corrected chi connectivity index (χ1v) is 3.91. The summed E-state index contributed by atoms with van der Waals surface area (Å²) in [6.07, 6.45) is -3.78. The van der Waals surface area contributed by atoms with Crippen LogP contribution < -0.4 is 0 Å². The fourth-order valence-corrected chi connectivity index (χ4v) is 1.11. The Morgan fingerprint density at radius 1 is 1.38 bits per heavy atom. The van der Waals surface area contributed by atoms with Gasteiger partial charge in [0.1, 0.15) is 18.3 Å². The van der Waals surface area contributed by atoms with Gasteiger partial charge in [-0.2, -0.15) is 0 Å². The van der Waals surface area contributed by atoms with Crippen molar-refractivity contribution in [3.05, 3.63) is 0 Å². The van der Waals surface area contributed by atoms with Crippen LogP contribution in [-0.2, 0) is 9.53 Å². The van der Waals surface area contributed by atoms with Crippen LogP contribution in [0.2, 0.25) is 0 Å². The molecule has 0 rings (SSSR count). The molecule has 78 valence electrons. The molecule has 0 amide bonds. The van der Waals surface area contributed by atoms with Crippen molar-refractivity contribution < 1.29 is 24.9 Å². The Bertz CT molecular complexity index is 162. The van der Waals surface area contributed by atoms with Crippen molar-refractivity contribution in [3.63, 3.8) is 0 Å². The summed E-state index contributed by atoms with van der Waals surface area (Å²) in [6.45, 7) is 2.84. The fraction of sp³-hybridized carbons (Fsp3) is 0.875. The Balaban J connectivity index is 4.49. The second kappa shape index (κ2) is 4.66. The van der Waals surface area contributed by atoms with E-state index in [-0.39, 0.29) is 6.29 Å². The molecule has 5 heteroatoms. The minimum absolute atomic E-state index is 0.197. The van der Waals surface area contributed by atoms with E-state index in [4.69, 9.17) is 9.84 Å². The van der Waals surface area contributed by atoms with Gasteiger partial charge in [0, 0.05) is 7.11 Å². The lowest BCUT2D eigenvalue weighted by Gasteiger charge is -2.32. The number of carbonyl (C=O) groups is 1. The maximum Gasteiger partial charge on any atom is 0.151 e. The van der Waals surface area contributed by atoms with E-state index < -0.39 is 23.9 Å². The smallest absolute Gasteiger partial charge is 0.151 e. The number of carbonyl (C=O) groups excluding carboxylic acids is 1. The zero-order chi connectivity index (χ0) is 10.6. The van der Waals surface area contributed by atoms with Crippen LogP contribution in [-0.4, -0.2) is 52.6 Å². The third-order valence-electron chi connectivity index (χ3n) is 1.75. The molecule has 5 nitrogen and oxygen atoms in total. The van der Waals surface area contributed by atoms with Gasteiger partial charge in [0.15, 0.2) is 6.29 Å². The van der Waals surface area contributed by atoms with Gasteiger partial charge in [0.25, 0.3) is 0 Å². The number of hydrogen-bond donors (Lipinski definition) is 3. The van der Waals surface area contributed by atoms with Crippen LogP contribution in [0.1, 0.15) is 13.8 Å². The third kappa shape index (κ3) is 3.40. The number of rotatable bonds is 5. The van der Waals surface area contributed by atoms with Gasteiger partial charge in [-0.25, -0.2) is 0 Å². The Morgan fingerprint density at radius 2 is 1.85 bits per heavy atom. The number of aliphatic hydroxyl groups is 3. The lowest BCUT2D eigenvalue weighted by Crippen LogP contribution is -2.51. The van der Waals surface area contributed by atoms with E-state index in [1.54, 1.807) is 0 Å². The minimum atomic E-state index is -1.55. The first kappa shape index (κ1) is 12.5. The molecule has 3 N–H and O–H groups in total. The average molecular weight is 192 g/mol. The van der Waals surface area contributed by atoms with Crippen molar-refractivity contribution in [1.29, 1.82) is 0 Å². The molecular weight excluding hydrogens is 176 g/mol. The van der Waals surface area contributed by atoms with Crippen LogP contribution in [0, 0.1) is 0 Å². The molecule has 0 heterocycles. The predicted octanol–water partition coefficient (Wildman–Crippen LogP) is -1.31. The molecule has 3 atom stereocenters. The lowest BCUT2D eigenvalue weighted by atomic mass is 9.94. The summed E-state index contributed by atoms with van der Waals surface area (Å²) in [5.74, 6) is 0. The van der Waals surface area contributed by atoms with Crippen molar-refractivity contribution >= 4 is 6.29 Å². The van der Waals surface area contributed by atoms with E-state index in [2.05, 4.69) is 0 Å². The highest BCUT2D eigenvalue weighted by molar-refractivity contribution is 5.56. The summed E-state index contributed by atoms with van der Waals surface area (Å²) in [4.78, 5) is 10.1. The van der Waals surface area contributed by atoms with E-state index >= 15 is 0 Å². The second-order valence-corrected chi connectivity index (χ2v) is 3.43. The van der Waals surface area contributed by atoms with E-state index in [0.29, 0.717) is 0 Å². The summed E-state index contributed by atoms with van der Waals surface area (Å²) in [5.41, 5.74) is -1.32. The van der Waals surface area contributed by atoms with E-state index in [9.17, 15) is 15.0 Å². The Morgan fingerprint density at radius 3 is 2.08 bits per heavy atom. The molecule has 0 bridgehead atoms. The number of ether oxygens (including phenoxy) is 1. The van der Waals surface area contributed by atoms with Gasteiger partial charge < -0.3 is 24.9 Å². The standard InChI is InChI=1S/C8H16O5/c1-8(2,12)7(13-3)6(11)5(10)4-9/h4-7,10-12H,1-3H3/t5-,6-,7+/m0/s1. The third-order valence-corrected chi connectivity index (χ3v) is 1.75. The fourth-order valence-electron chi connectivity index (χ4n) is 1.11. The molecule has 0 radical (unpaired) electrons. The summed E-state index contributed by atoms with van der Waals surface area (Å²) in [6, 6.07) is 0. The largest absolute Gasteiger partial charge is 0.388 e. The molecule has 0 aliphatic heterocycles. The Labute approximate surface area is 77.0 Å². The van der Waals surface area contributed by atoms with Crippen molar-refractivity contribution in [2.45, 2.75) is 37.8 Å². The molecule has 0 spiro atoms. The highest BCUT2D eigenvalue weighted by Gasteiger charge is 2.36. The van der Waals surface area contributed by atoms with E-state index in [1.165, 1.54) is 21.0 Å². The van der Waals surface area contributed by atoms with Crippen LogP contribution in [0.15, 0.2) is 0 Å². The first-order valence-electron chi connectivity index (χ1n) is 3.91. The highest BCUT2D eigenvalue weighted by Crippen LogP contribution is 2.17. The van der Waals surface area contributed by atoms with Gasteiger partial charge in [-0.3, -0.25) is 0 Å². The lowest BCUT2D eigenvalue weighted by molar-refractivity contribution is -0.156. The van der Waals surface area contributed by atoms with Gasteiger partial charge >= 0.3 is 0 Å². The molecule has 0 aromatic rings. The monoisotopic (exact) mass is 192 g/mol. The van der Waals surface area contributed by atoms with Crippen molar-refractivity contribution in [1.82, 2.24) is 0 Å². The van der Waals surface area contributed by atoms with Gasteiger partial charge in [0.2, 0.25) is 0 Å². The summed E-state index contributed by atoms with van der Waals surface area (Å²) >= 11 is 0. The normalized spacial score (nSPS) is 19.2. The SMILES string of the molecule is CO[C@H]([C@@H](O)[C@@H](O)C=O)C(C)(C)O. The first-order chi connectivity index (χ1) is 5.84. The van der Waals surface area contributed by atoms with Gasteiger partial charge in [-0.15, -0.1) is 0 Å².